The zero-order chi connectivity index (χ0) is 14.0. The number of rotatable bonds is 8. The number of hydrogen-bond acceptors (Lipinski definition) is 2. The number of unbranched alkanes of at least 4 members (excludes halogenated alkanes) is 3. The molecule has 0 bridgehead atoms. The molecule has 0 amide bonds. The molecule has 2 nitrogen and oxygen atoms in total. The van der Waals surface area contributed by atoms with Gasteiger partial charge in [0, 0.05) is 23.6 Å². The van der Waals surface area contributed by atoms with E-state index >= 15 is 0 Å². The minimum absolute atomic E-state index is 1.06. The third-order valence-corrected chi connectivity index (χ3v) is 3.31. The quantitative estimate of drug-likeness (QED) is 0.624. The highest BCUT2D eigenvalue weighted by Crippen LogP contribution is 2.18. The Morgan fingerprint density at radius 3 is 2.05 bits per heavy atom. The van der Waals surface area contributed by atoms with E-state index in [0.29, 0.717) is 0 Å². The minimum Gasteiger partial charge on any atom is -0.385 e. The molecular weight excluding hydrogens is 244 g/mol. The fourth-order valence-corrected chi connectivity index (χ4v) is 2.14. The highest BCUT2D eigenvalue weighted by atomic mass is 14.9. The highest BCUT2D eigenvalue weighted by Gasteiger charge is 1.95. The maximum atomic E-state index is 3.47. The second-order valence-electron chi connectivity index (χ2n) is 5.06. The van der Waals surface area contributed by atoms with E-state index in [1.165, 1.54) is 31.4 Å². The van der Waals surface area contributed by atoms with Gasteiger partial charge in [0.2, 0.25) is 0 Å². The van der Waals surface area contributed by atoms with E-state index in [9.17, 15) is 0 Å². The Morgan fingerprint density at radius 2 is 1.35 bits per heavy atom. The minimum atomic E-state index is 1.06. The number of nitrogens with one attached hydrogen (secondary N) is 2. The lowest BCUT2D eigenvalue weighted by Gasteiger charge is -2.09. The fourth-order valence-electron chi connectivity index (χ4n) is 2.14. The predicted molar refractivity (Wildman–Crippen MR) is 88.8 cm³/mol. The van der Waals surface area contributed by atoms with E-state index in [1.807, 2.05) is 18.2 Å². The van der Waals surface area contributed by atoms with Gasteiger partial charge in [0.15, 0.2) is 0 Å². The van der Waals surface area contributed by atoms with Gasteiger partial charge in [-0.25, -0.2) is 0 Å². The smallest absolute Gasteiger partial charge is 0.0385 e. The van der Waals surface area contributed by atoms with E-state index in [0.717, 1.165) is 17.9 Å². The molecule has 20 heavy (non-hydrogen) atoms. The molecule has 2 N–H and O–H groups in total. The molecule has 2 aromatic carbocycles. The summed E-state index contributed by atoms with van der Waals surface area (Å²) in [5, 5.41) is 6.85. The Balaban J connectivity index is 1.78. The monoisotopic (exact) mass is 268 g/mol. The van der Waals surface area contributed by atoms with Crippen molar-refractivity contribution in [2.24, 2.45) is 0 Å². The molecule has 2 rings (SSSR count). The molecule has 0 aliphatic rings. The van der Waals surface area contributed by atoms with Crippen LogP contribution in [0.2, 0.25) is 0 Å². The van der Waals surface area contributed by atoms with Crippen molar-refractivity contribution in [2.45, 2.75) is 32.6 Å². The predicted octanol–water partition coefficient (Wildman–Crippen LogP) is 5.42. The normalized spacial score (nSPS) is 10.2. The van der Waals surface area contributed by atoms with Gasteiger partial charge in [-0.3, -0.25) is 0 Å². The van der Waals surface area contributed by atoms with E-state index in [2.05, 4.69) is 54.0 Å². The second-order valence-corrected chi connectivity index (χ2v) is 5.06. The zero-order valence-electron chi connectivity index (χ0n) is 12.2. The van der Waals surface area contributed by atoms with Crippen LogP contribution in [0, 0.1) is 0 Å². The lowest BCUT2D eigenvalue weighted by Crippen LogP contribution is -2.01. The Morgan fingerprint density at radius 1 is 0.700 bits per heavy atom. The van der Waals surface area contributed by atoms with Crippen molar-refractivity contribution in [1.82, 2.24) is 0 Å². The average Bonchev–Trinajstić information content (AvgIpc) is 2.50. The average molecular weight is 268 g/mol. The third-order valence-electron chi connectivity index (χ3n) is 3.31. The lowest BCUT2D eigenvalue weighted by atomic mass is 10.2. The summed E-state index contributed by atoms with van der Waals surface area (Å²) in [4.78, 5) is 0. The van der Waals surface area contributed by atoms with Crippen LogP contribution in [0.25, 0.3) is 0 Å². The molecule has 0 spiro atoms. The summed E-state index contributed by atoms with van der Waals surface area (Å²) in [5.41, 5.74) is 3.43. The Labute approximate surface area is 122 Å². The summed E-state index contributed by atoms with van der Waals surface area (Å²) in [6.45, 7) is 3.30. The summed E-state index contributed by atoms with van der Waals surface area (Å²) in [5.74, 6) is 0. The molecule has 106 valence electrons. The maximum Gasteiger partial charge on any atom is 0.0385 e. The number of benzene rings is 2. The molecule has 0 fully saturated rings. The topological polar surface area (TPSA) is 24.1 Å². The molecule has 0 heterocycles. The first-order valence-electron chi connectivity index (χ1n) is 7.54. The Bertz CT molecular complexity index is 477. The van der Waals surface area contributed by atoms with Crippen LogP contribution in [0.4, 0.5) is 17.1 Å². The summed E-state index contributed by atoms with van der Waals surface area (Å²) < 4.78 is 0. The van der Waals surface area contributed by atoms with E-state index < -0.39 is 0 Å². The highest BCUT2D eigenvalue weighted by molar-refractivity contribution is 5.62. The van der Waals surface area contributed by atoms with Crippen molar-refractivity contribution < 1.29 is 0 Å². The Hall–Kier alpha value is -1.96. The van der Waals surface area contributed by atoms with Crippen molar-refractivity contribution in [3.63, 3.8) is 0 Å². The molecule has 0 saturated carbocycles. The molecular formula is C18H24N2. The summed E-state index contributed by atoms with van der Waals surface area (Å²) in [6, 6.07) is 18.7. The van der Waals surface area contributed by atoms with Crippen LogP contribution in [0.1, 0.15) is 32.6 Å². The van der Waals surface area contributed by atoms with Crippen molar-refractivity contribution in [2.75, 3.05) is 17.2 Å². The van der Waals surface area contributed by atoms with Gasteiger partial charge >= 0.3 is 0 Å². The molecule has 0 atom stereocenters. The first-order chi connectivity index (χ1) is 9.88. The first kappa shape index (κ1) is 14.4. The van der Waals surface area contributed by atoms with Gasteiger partial charge in [0.05, 0.1) is 0 Å². The zero-order valence-corrected chi connectivity index (χ0v) is 12.2. The SMILES string of the molecule is CCCCCCNc1ccc(Nc2ccccc2)cc1. The van der Waals surface area contributed by atoms with E-state index in [4.69, 9.17) is 0 Å². The molecule has 0 aromatic heterocycles. The fraction of sp³-hybridized carbons (Fsp3) is 0.333. The summed E-state index contributed by atoms with van der Waals surface area (Å²) in [6.07, 6.45) is 5.19. The van der Waals surface area contributed by atoms with Gasteiger partial charge in [0.1, 0.15) is 0 Å². The second kappa shape index (κ2) is 8.26. The van der Waals surface area contributed by atoms with Crippen LogP contribution in [0.3, 0.4) is 0 Å². The molecule has 0 unspecified atom stereocenters. The van der Waals surface area contributed by atoms with Crippen molar-refractivity contribution in [1.29, 1.82) is 0 Å². The molecule has 2 heteroatoms. The van der Waals surface area contributed by atoms with Gasteiger partial charge in [-0.1, -0.05) is 44.4 Å². The van der Waals surface area contributed by atoms with Crippen LogP contribution < -0.4 is 10.6 Å². The first-order valence-corrected chi connectivity index (χ1v) is 7.54. The lowest BCUT2D eigenvalue weighted by molar-refractivity contribution is 0.685. The largest absolute Gasteiger partial charge is 0.385 e. The van der Waals surface area contributed by atoms with Crippen molar-refractivity contribution >= 4 is 17.1 Å². The van der Waals surface area contributed by atoms with Crippen LogP contribution in [-0.4, -0.2) is 6.54 Å². The molecule has 2 aromatic rings. The maximum absolute atomic E-state index is 3.47. The van der Waals surface area contributed by atoms with Crippen molar-refractivity contribution in [3.8, 4) is 0 Å². The van der Waals surface area contributed by atoms with Gasteiger partial charge in [-0.05, 0) is 42.8 Å². The van der Waals surface area contributed by atoms with Crippen LogP contribution in [0.15, 0.2) is 54.6 Å². The van der Waals surface area contributed by atoms with E-state index in [-0.39, 0.29) is 0 Å². The van der Waals surface area contributed by atoms with Crippen LogP contribution in [-0.2, 0) is 0 Å². The Kier molecular flexibility index (Phi) is 5.97. The standard InChI is InChI=1S/C18H24N2/c1-2-3-4-8-15-19-16-11-13-18(14-12-16)20-17-9-6-5-7-10-17/h5-7,9-14,19-20H,2-4,8,15H2,1H3. The van der Waals surface area contributed by atoms with Crippen LogP contribution >= 0.6 is 0 Å². The summed E-state index contributed by atoms with van der Waals surface area (Å²) in [7, 11) is 0. The number of para-hydroxylation sites is 1. The molecule has 0 aliphatic carbocycles. The molecule has 0 aliphatic heterocycles. The van der Waals surface area contributed by atoms with Gasteiger partial charge in [-0.2, -0.15) is 0 Å². The van der Waals surface area contributed by atoms with Crippen molar-refractivity contribution in [3.05, 3.63) is 54.6 Å². The number of anilines is 3. The van der Waals surface area contributed by atoms with E-state index in [1.54, 1.807) is 0 Å². The van der Waals surface area contributed by atoms with Gasteiger partial charge in [-0.15, -0.1) is 0 Å². The third kappa shape index (κ3) is 4.96. The van der Waals surface area contributed by atoms with Gasteiger partial charge < -0.3 is 10.6 Å². The summed E-state index contributed by atoms with van der Waals surface area (Å²) >= 11 is 0. The van der Waals surface area contributed by atoms with Crippen LogP contribution in [0.5, 0.6) is 0 Å². The molecule has 0 radical (unpaired) electrons. The van der Waals surface area contributed by atoms with Gasteiger partial charge in [0.25, 0.3) is 0 Å². The molecule has 0 saturated heterocycles. The number of hydrogen-bond donors (Lipinski definition) is 2.